The number of hydrogen-bond acceptors (Lipinski definition) is 2. The molecule has 0 saturated heterocycles. The van der Waals surface area contributed by atoms with Crippen LogP contribution in [0.25, 0.3) is 0 Å². The molecule has 0 bridgehead atoms. The maximum atomic E-state index is 6.19. The van der Waals surface area contributed by atoms with Gasteiger partial charge in [0.15, 0.2) is 0 Å². The van der Waals surface area contributed by atoms with Crippen molar-refractivity contribution in [3.8, 4) is 5.75 Å². The van der Waals surface area contributed by atoms with E-state index in [0.29, 0.717) is 12.0 Å². The van der Waals surface area contributed by atoms with Crippen molar-refractivity contribution in [1.82, 2.24) is 5.32 Å². The lowest BCUT2D eigenvalue weighted by Gasteiger charge is -2.28. The fraction of sp³-hybridized carbons (Fsp3) is 0.571. The third-order valence-corrected chi connectivity index (χ3v) is 3.51. The van der Waals surface area contributed by atoms with Gasteiger partial charge in [0, 0.05) is 23.0 Å². The van der Waals surface area contributed by atoms with Gasteiger partial charge in [0.25, 0.3) is 0 Å². The van der Waals surface area contributed by atoms with Crippen molar-refractivity contribution in [1.29, 1.82) is 0 Å². The molecule has 1 N–H and O–H groups in total. The molecule has 94 valence electrons. The molecule has 1 aliphatic rings. The monoisotopic (exact) mass is 253 g/mol. The minimum absolute atomic E-state index is 0.374. The van der Waals surface area contributed by atoms with E-state index in [1.54, 1.807) is 0 Å². The molecule has 0 spiro atoms. The second-order valence-electron chi connectivity index (χ2n) is 5.13. The van der Waals surface area contributed by atoms with Crippen molar-refractivity contribution in [2.45, 2.75) is 33.2 Å². The first-order chi connectivity index (χ1) is 8.08. The highest BCUT2D eigenvalue weighted by Crippen LogP contribution is 2.35. The molecule has 0 aromatic heterocycles. The molecule has 2 nitrogen and oxygen atoms in total. The summed E-state index contributed by atoms with van der Waals surface area (Å²) in [6.45, 7) is 8.25. The average molecular weight is 254 g/mol. The molecular weight excluding hydrogens is 234 g/mol. The Kier molecular flexibility index (Phi) is 3.95. The molecule has 17 heavy (non-hydrogen) atoms. The van der Waals surface area contributed by atoms with Crippen LogP contribution in [-0.2, 0) is 0 Å². The van der Waals surface area contributed by atoms with Gasteiger partial charge in [0.2, 0.25) is 0 Å². The van der Waals surface area contributed by atoms with Gasteiger partial charge in [-0.2, -0.15) is 0 Å². The van der Waals surface area contributed by atoms with Crippen LogP contribution >= 0.6 is 11.6 Å². The Balaban J connectivity index is 2.21. The number of fused-ring (bicyclic) bond motifs is 1. The molecule has 0 radical (unpaired) electrons. The van der Waals surface area contributed by atoms with Crippen LogP contribution in [0.15, 0.2) is 12.1 Å². The Morgan fingerprint density at radius 3 is 2.94 bits per heavy atom. The third-order valence-electron chi connectivity index (χ3n) is 3.10. The van der Waals surface area contributed by atoms with E-state index in [0.717, 1.165) is 35.9 Å². The maximum Gasteiger partial charge on any atom is 0.124 e. The summed E-state index contributed by atoms with van der Waals surface area (Å²) in [5, 5.41) is 4.41. The lowest BCUT2D eigenvalue weighted by atomic mass is 9.98. The van der Waals surface area contributed by atoms with Crippen LogP contribution in [0.5, 0.6) is 5.75 Å². The highest BCUT2D eigenvalue weighted by Gasteiger charge is 2.22. The maximum absolute atomic E-state index is 6.19. The Bertz CT molecular complexity index is 403. The van der Waals surface area contributed by atoms with Crippen molar-refractivity contribution < 1.29 is 4.74 Å². The second-order valence-corrected chi connectivity index (χ2v) is 5.54. The quantitative estimate of drug-likeness (QED) is 0.887. The summed E-state index contributed by atoms with van der Waals surface area (Å²) in [7, 11) is 0. The SMILES string of the molecule is Cc1cc2c(cc1Cl)C(NCC(C)C)CCO2. The number of nitrogens with one attached hydrogen (secondary N) is 1. The van der Waals surface area contributed by atoms with E-state index in [1.165, 1.54) is 5.56 Å². The van der Waals surface area contributed by atoms with E-state index in [9.17, 15) is 0 Å². The predicted octanol–water partition coefficient (Wildman–Crippen LogP) is 3.72. The van der Waals surface area contributed by atoms with E-state index < -0.39 is 0 Å². The number of hydrogen-bond donors (Lipinski definition) is 1. The summed E-state index contributed by atoms with van der Waals surface area (Å²) < 4.78 is 5.70. The third kappa shape index (κ3) is 2.93. The first-order valence-corrected chi connectivity index (χ1v) is 6.62. The van der Waals surface area contributed by atoms with Gasteiger partial charge in [0.1, 0.15) is 5.75 Å². The van der Waals surface area contributed by atoms with Gasteiger partial charge >= 0.3 is 0 Å². The van der Waals surface area contributed by atoms with Gasteiger partial charge in [-0.05, 0) is 37.1 Å². The van der Waals surface area contributed by atoms with Crippen LogP contribution < -0.4 is 10.1 Å². The zero-order valence-corrected chi connectivity index (χ0v) is 11.5. The van der Waals surface area contributed by atoms with Gasteiger partial charge in [-0.3, -0.25) is 0 Å². The van der Waals surface area contributed by atoms with Gasteiger partial charge in [0.05, 0.1) is 6.61 Å². The van der Waals surface area contributed by atoms with Crippen molar-refractivity contribution in [3.63, 3.8) is 0 Å². The van der Waals surface area contributed by atoms with Crippen LogP contribution in [-0.4, -0.2) is 13.2 Å². The molecule has 2 rings (SSSR count). The van der Waals surface area contributed by atoms with Crippen LogP contribution in [0.3, 0.4) is 0 Å². The lowest BCUT2D eigenvalue weighted by Crippen LogP contribution is -2.29. The van der Waals surface area contributed by atoms with E-state index in [-0.39, 0.29) is 0 Å². The Hall–Kier alpha value is -0.730. The summed E-state index contributed by atoms with van der Waals surface area (Å²) in [5.41, 5.74) is 2.28. The summed E-state index contributed by atoms with van der Waals surface area (Å²) in [6.07, 6.45) is 1.01. The minimum atomic E-state index is 0.374. The molecule has 0 fully saturated rings. The summed E-state index contributed by atoms with van der Waals surface area (Å²) in [4.78, 5) is 0. The Morgan fingerprint density at radius 2 is 2.24 bits per heavy atom. The standard InChI is InChI=1S/C14H20ClNO/c1-9(2)8-16-13-4-5-17-14-6-10(3)12(15)7-11(13)14/h6-7,9,13,16H,4-5,8H2,1-3H3. The van der Waals surface area contributed by atoms with E-state index in [1.807, 2.05) is 19.1 Å². The number of aryl methyl sites for hydroxylation is 1. The molecule has 1 unspecified atom stereocenters. The minimum Gasteiger partial charge on any atom is -0.493 e. The number of benzene rings is 1. The molecule has 0 saturated carbocycles. The molecular formula is C14H20ClNO. The highest BCUT2D eigenvalue weighted by molar-refractivity contribution is 6.31. The molecule has 1 aromatic carbocycles. The summed E-state index contributed by atoms with van der Waals surface area (Å²) in [5.74, 6) is 1.64. The number of rotatable bonds is 3. The average Bonchev–Trinajstić information content (AvgIpc) is 2.28. The topological polar surface area (TPSA) is 21.3 Å². The second kappa shape index (κ2) is 5.28. The smallest absolute Gasteiger partial charge is 0.124 e. The zero-order valence-electron chi connectivity index (χ0n) is 10.7. The van der Waals surface area contributed by atoms with Gasteiger partial charge in [-0.1, -0.05) is 25.4 Å². The lowest BCUT2D eigenvalue weighted by molar-refractivity contribution is 0.250. The molecule has 1 aromatic rings. The normalized spacial score (nSPS) is 19.0. The molecule has 1 aliphatic heterocycles. The number of ether oxygens (including phenoxy) is 1. The van der Waals surface area contributed by atoms with Crippen molar-refractivity contribution in [2.75, 3.05) is 13.2 Å². The molecule has 1 atom stereocenters. The van der Waals surface area contributed by atoms with Crippen LogP contribution in [0.4, 0.5) is 0 Å². The fourth-order valence-electron chi connectivity index (χ4n) is 2.10. The predicted molar refractivity (Wildman–Crippen MR) is 71.9 cm³/mol. The zero-order chi connectivity index (χ0) is 12.4. The number of halogens is 1. The van der Waals surface area contributed by atoms with Crippen LogP contribution in [0.1, 0.15) is 37.4 Å². The molecule has 0 amide bonds. The Labute approximate surface area is 108 Å². The van der Waals surface area contributed by atoms with Crippen LogP contribution in [0, 0.1) is 12.8 Å². The van der Waals surface area contributed by atoms with Crippen molar-refractivity contribution >= 4 is 11.6 Å². The fourth-order valence-corrected chi connectivity index (χ4v) is 2.27. The van der Waals surface area contributed by atoms with Crippen LogP contribution in [0.2, 0.25) is 5.02 Å². The van der Waals surface area contributed by atoms with E-state index in [4.69, 9.17) is 16.3 Å². The highest BCUT2D eigenvalue weighted by atomic mass is 35.5. The molecule has 1 heterocycles. The van der Waals surface area contributed by atoms with Gasteiger partial charge in [-0.25, -0.2) is 0 Å². The first kappa shape index (κ1) is 12.7. The van der Waals surface area contributed by atoms with Gasteiger partial charge < -0.3 is 10.1 Å². The summed E-state index contributed by atoms with van der Waals surface area (Å²) >= 11 is 6.19. The molecule has 0 aliphatic carbocycles. The van der Waals surface area contributed by atoms with Gasteiger partial charge in [-0.15, -0.1) is 0 Å². The Morgan fingerprint density at radius 1 is 1.47 bits per heavy atom. The van der Waals surface area contributed by atoms with Crippen molar-refractivity contribution in [3.05, 3.63) is 28.3 Å². The first-order valence-electron chi connectivity index (χ1n) is 6.24. The van der Waals surface area contributed by atoms with Crippen molar-refractivity contribution in [2.24, 2.45) is 5.92 Å². The van der Waals surface area contributed by atoms with E-state index in [2.05, 4.69) is 19.2 Å². The molecule has 3 heteroatoms. The van der Waals surface area contributed by atoms with E-state index >= 15 is 0 Å². The largest absolute Gasteiger partial charge is 0.493 e. The summed E-state index contributed by atoms with van der Waals surface area (Å²) in [6, 6.07) is 4.46.